The smallest absolute Gasteiger partial charge is 0.147 e. The Bertz CT molecular complexity index is 493. The fraction of sp³-hybridized carbons (Fsp3) is 0.400. The van der Waals surface area contributed by atoms with E-state index in [1.807, 2.05) is 0 Å². The highest BCUT2D eigenvalue weighted by molar-refractivity contribution is 7.90. The van der Waals surface area contributed by atoms with Gasteiger partial charge in [0.2, 0.25) is 0 Å². The average Bonchev–Trinajstić information content (AvgIpc) is 2.19. The Morgan fingerprint density at radius 3 is 2.65 bits per heavy atom. The number of hydrogen-bond donors (Lipinski definition) is 2. The standard InChI is InChI=1S/C10H14ClFN2O2S/c1-17(15,16)5-4-10(14-13)8-3-2-7(12)6-9(8)11/h2-3,6,10,14H,4-5,13H2,1H3. The third kappa shape index (κ3) is 4.59. The molecule has 0 aromatic heterocycles. The predicted molar refractivity (Wildman–Crippen MR) is 65.8 cm³/mol. The van der Waals surface area contributed by atoms with Crippen molar-refractivity contribution in [2.45, 2.75) is 12.5 Å². The lowest BCUT2D eigenvalue weighted by molar-refractivity contribution is 0.529. The molecule has 0 saturated carbocycles. The number of hydrogen-bond acceptors (Lipinski definition) is 4. The molecule has 0 bridgehead atoms. The number of benzene rings is 1. The van der Waals surface area contributed by atoms with Crippen molar-refractivity contribution in [1.82, 2.24) is 5.43 Å². The topological polar surface area (TPSA) is 72.2 Å². The minimum atomic E-state index is -3.07. The zero-order valence-corrected chi connectivity index (χ0v) is 10.9. The Kier molecular flexibility index (Phi) is 4.88. The van der Waals surface area contributed by atoms with Crippen LogP contribution in [0.3, 0.4) is 0 Å². The second-order valence-corrected chi connectivity index (χ2v) is 6.47. The molecule has 1 rings (SSSR count). The van der Waals surface area contributed by atoms with Crippen molar-refractivity contribution < 1.29 is 12.8 Å². The zero-order chi connectivity index (χ0) is 13.1. The molecule has 1 aromatic carbocycles. The summed E-state index contributed by atoms with van der Waals surface area (Å²) in [6.07, 6.45) is 1.42. The molecule has 1 unspecified atom stereocenters. The van der Waals surface area contributed by atoms with Crippen LogP contribution in [-0.4, -0.2) is 20.4 Å². The fourth-order valence-electron chi connectivity index (χ4n) is 1.44. The van der Waals surface area contributed by atoms with Gasteiger partial charge in [-0.05, 0) is 24.1 Å². The predicted octanol–water partition coefficient (Wildman–Crippen LogP) is 1.42. The molecule has 3 N–H and O–H groups in total. The first-order valence-electron chi connectivity index (χ1n) is 4.92. The second-order valence-electron chi connectivity index (χ2n) is 3.80. The van der Waals surface area contributed by atoms with Crippen molar-refractivity contribution in [1.29, 1.82) is 0 Å². The summed E-state index contributed by atoms with van der Waals surface area (Å²) in [6, 6.07) is 3.50. The van der Waals surface area contributed by atoms with Gasteiger partial charge in [0.15, 0.2) is 0 Å². The molecule has 17 heavy (non-hydrogen) atoms. The van der Waals surface area contributed by atoms with Crippen LogP contribution in [0, 0.1) is 5.82 Å². The second kappa shape index (κ2) is 5.77. The summed E-state index contributed by atoms with van der Waals surface area (Å²) in [6.45, 7) is 0. The number of nitrogens with one attached hydrogen (secondary N) is 1. The number of rotatable bonds is 5. The first kappa shape index (κ1) is 14.4. The normalized spacial score (nSPS) is 13.6. The molecule has 0 aliphatic carbocycles. The molecule has 0 aliphatic heterocycles. The van der Waals surface area contributed by atoms with E-state index in [-0.39, 0.29) is 17.2 Å². The maximum atomic E-state index is 12.9. The lowest BCUT2D eigenvalue weighted by atomic mass is 10.1. The van der Waals surface area contributed by atoms with Gasteiger partial charge in [-0.25, -0.2) is 12.8 Å². The molecule has 0 radical (unpaired) electrons. The van der Waals surface area contributed by atoms with Crippen molar-refractivity contribution in [3.63, 3.8) is 0 Å². The van der Waals surface area contributed by atoms with Crippen LogP contribution in [0.5, 0.6) is 0 Å². The molecule has 0 saturated heterocycles. The maximum Gasteiger partial charge on any atom is 0.147 e. The van der Waals surface area contributed by atoms with E-state index < -0.39 is 21.7 Å². The Morgan fingerprint density at radius 1 is 1.53 bits per heavy atom. The summed E-state index contributed by atoms with van der Waals surface area (Å²) < 4.78 is 35.0. The maximum absolute atomic E-state index is 12.9. The SMILES string of the molecule is CS(=O)(=O)CCC(NN)c1ccc(F)cc1Cl. The molecule has 1 aromatic rings. The number of hydrazine groups is 1. The van der Waals surface area contributed by atoms with E-state index >= 15 is 0 Å². The first-order chi connectivity index (χ1) is 7.83. The average molecular weight is 281 g/mol. The van der Waals surface area contributed by atoms with Gasteiger partial charge >= 0.3 is 0 Å². The van der Waals surface area contributed by atoms with Gasteiger partial charge in [0.1, 0.15) is 15.7 Å². The van der Waals surface area contributed by atoms with Crippen LogP contribution in [0.25, 0.3) is 0 Å². The van der Waals surface area contributed by atoms with Crippen LogP contribution in [0.15, 0.2) is 18.2 Å². The molecular formula is C10H14ClFN2O2S. The molecule has 1 atom stereocenters. The molecule has 7 heteroatoms. The van der Waals surface area contributed by atoms with Gasteiger partial charge in [-0.3, -0.25) is 11.3 Å². The molecule has 0 fully saturated rings. The first-order valence-corrected chi connectivity index (χ1v) is 7.36. The third-order valence-corrected chi connectivity index (χ3v) is 3.62. The Morgan fingerprint density at radius 2 is 2.18 bits per heavy atom. The third-order valence-electron chi connectivity index (χ3n) is 2.32. The number of sulfone groups is 1. The van der Waals surface area contributed by atoms with Crippen LogP contribution in [0.2, 0.25) is 5.02 Å². The molecule has 0 heterocycles. The van der Waals surface area contributed by atoms with Gasteiger partial charge in [0.25, 0.3) is 0 Å². The van der Waals surface area contributed by atoms with Gasteiger partial charge in [-0.2, -0.15) is 0 Å². The van der Waals surface area contributed by atoms with Gasteiger partial charge in [-0.1, -0.05) is 17.7 Å². The fourth-order valence-corrected chi connectivity index (χ4v) is 2.41. The summed E-state index contributed by atoms with van der Waals surface area (Å²) in [7, 11) is -3.07. The lowest BCUT2D eigenvalue weighted by Crippen LogP contribution is -2.29. The molecular weight excluding hydrogens is 267 g/mol. The largest absolute Gasteiger partial charge is 0.271 e. The monoisotopic (exact) mass is 280 g/mol. The number of halogens is 2. The minimum absolute atomic E-state index is 0.0183. The van der Waals surface area contributed by atoms with Gasteiger partial charge in [-0.15, -0.1) is 0 Å². The lowest BCUT2D eigenvalue weighted by Gasteiger charge is -2.17. The number of nitrogens with two attached hydrogens (primary N) is 1. The van der Waals surface area contributed by atoms with Crippen LogP contribution in [0.4, 0.5) is 4.39 Å². The zero-order valence-electron chi connectivity index (χ0n) is 9.28. The highest BCUT2D eigenvalue weighted by atomic mass is 35.5. The summed E-state index contributed by atoms with van der Waals surface area (Å²) >= 11 is 5.87. The van der Waals surface area contributed by atoms with Crippen molar-refractivity contribution in [2.24, 2.45) is 5.84 Å². The van der Waals surface area contributed by atoms with Gasteiger partial charge in [0, 0.05) is 17.3 Å². The Balaban J connectivity index is 2.86. The molecule has 4 nitrogen and oxygen atoms in total. The van der Waals surface area contributed by atoms with Crippen molar-refractivity contribution in [3.8, 4) is 0 Å². The van der Waals surface area contributed by atoms with Gasteiger partial charge < -0.3 is 0 Å². The van der Waals surface area contributed by atoms with Crippen molar-refractivity contribution in [2.75, 3.05) is 12.0 Å². The van der Waals surface area contributed by atoms with E-state index in [0.717, 1.165) is 6.26 Å². The van der Waals surface area contributed by atoms with Crippen molar-refractivity contribution in [3.05, 3.63) is 34.6 Å². The van der Waals surface area contributed by atoms with E-state index in [0.29, 0.717) is 5.56 Å². The van der Waals surface area contributed by atoms with Crippen LogP contribution < -0.4 is 11.3 Å². The van der Waals surface area contributed by atoms with E-state index in [9.17, 15) is 12.8 Å². The van der Waals surface area contributed by atoms with Gasteiger partial charge in [0.05, 0.1) is 5.75 Å². The molecule has 0 aliphatic rings. The van der Waals surface area contributed by atoms with Crippen LogP contribution in [-0.2, 0) is 9.84 Å². The summed E-state index contributed by atoms with van der Waals surface area (Å²) in [5.41, 5.74) is 3.06. The van der Waals surface area contributed by atoms with Crippen LogP contribution in [0.1, 0.15) is 18.0 Å². The molecule has 96 valence electrons. The molecule has 0 spiro atoms. The highest BCUT2D eigenvalue weighted by Gasteiger charge is 2.16. The minimum Gasteiger partial charge on any atom is -0.271 e. The van der Waals surface area contributed by atoms with E-state index in [1.165, 1.54) is 18.2 Å². The van der Waals surface area contributed by atoms with E-state index in [1.54, 1.807) is 0 Å². The van der Waals surface area contributed by atoms with Crippen molar-refractivity contribution >= 4 is 21.4 Å². The molecule has 0 amide bonds. The summed E-state index contributed by atoms with van der Waals surface area (Å²) in [4.78, 5) is 0. The van der Waals surface area contributed by atoms with Crippen LogP contribution >= 0.6 is 11.6 Å². The van der Waals surface area contributed by atoms with E-state index in [2.05, 4.69) is 5.43 Å². The van der Waals surface area contributed by atoms with E-state index in [4.69, 9.17) is 17.4 Å². The quantitative estimate of drug-likeness (QED) is 0.632. The Labute approximate surface area is 105 Å². The Hall–Kier alpha value is -0.690. The summed E-state index contributed by atoms with van der Waals surface area (Å²) in [5.74, 6) is 4.88. The highest BCUT2D eigenvalue weighted by Crippen LogP contribution is 2.25. The summed E-state index contributed by atoms with van der Waals surface area (Å²) in [5, 5.41) is 0.224.